The molecule has 2 aliphatic heterocycles. The first kappa shape index (κ1) is 8.80. The van der Waals surface area contributed by atoms with Crippen LogP contribution >= 0.6 is 11.5 Å². The van der Waals surface area contributed by atoms with E-state index in [-0.39, 0.29) is 0 Å². The molecule has 0 aromatic carbocycles. The molecule has 0 spiro atoms. The molecule has 0 saturated carbocycles. The minimum Gasteiger partial charge on any atom is -0.302 e. The molecule has 0 N–H and O–H groups in total. The lowest BCUT2D eigenvalue weighted by Crippen LogP contribution is -2.22. The summed E-state index contributed by atoms with van der Waals surface area (Å²) in [5.41, 5.74) is 0. The monoisotopic (exact) mass is 209 g/mol. The normalized spacial score (nSPS) is 35.4. The van der Waals surface area contributed by atoms with E-state index in [1.54, 1.807) is 11.5 Å². The van der Waals surface area contributed by atoms with Crippen molar-refractivity contribution in [3.05, 3.63) is 10.8 Å². The number of fused-ring (bicyclic) bond motifs is 2. The molecule has 3 atom stereocenters. The summed E-state index contributed by atoms with van der Waals surface area (Å²) in [7, 11) is 0. The first-order valence-electron chi connectivity index (χ1n) is 5.41. The second-order valence-electron chi connectivity index (χ2n) is 4.32. The molecule has 3 nitrogen and oxygen atoms in total. The Hall–Kier alpha value is -0.480. The van der Waals surface area contributed by atoms with Crippen molar-refractivity contribution in [3.8, 4) is 0 Å². The number of aromatic nitrogens is 2. The number of aryl methyl sites for hydroxylation is 1. The van der Waals surface area contributed by atoms with E-state index >= 15 is 0 Å². The van der Waals surface area contributed by atoms with Crippen molar-refractivity contribution in [3.63, 3.8) is 0 Å². The highest BCUT2D eigenvalue weighted by molar-refractivity contribution is 7.05. The van der Waals surface area contributed by atoms with Crippen LogP contribution in [-0.2, 0) is 6.42 Å². The fourth-order valence-electron chi connectivity index (χ4n) is 2.63. The Morgan fingerprint density at radius 2 is 2.43 bits per heavy atom. The van der Waals surface area contributed by atoms with E-state index in [1.165, 1.54) is 31.1 Å². The fourth-order valence-corrected chi connectivity index (χ4v) is 3.54. The summed E-state index contributed by atoms with van der Waals surface area (Å²) in [6.07, 6.45) is 2.34. The molecule has 2 saturated heterocycles. The van der Waals surface area contributed by atoms with E-state index in [1.807, 2.05) is 0 Å². The predicted octanol–water partition coefficient (Wildman–Crippen LogP) is 1.52. The molecule has 2 fully saturated rings. The number of hydrogen-bond acceptors (Lipinski definition) is 4. The Morgan fingerprint density at radius 3 is 3.00 bits per heavy atom. The van der Waals surface area contributed by atoms with Crippen LogP contribution in [0.1, 0.15) is 30.1 Å². The van der Waals surface area contributed by atoms with Gasteiger partial charge in [0.2, 0.25) is 0 Å². The third-order valence-electron chi connectivity index (χ3n) is 3.45. The van der Waals surface area contributed by atoms with E-state index in [0.717, 1.165) is 18.2 Å². The molecule has 76 valence electrons. The van der Waals surface area contributed by atoms with Crippen LogP contribution in [0.3, 0.4) is 0 Å². The first-order valence-corrected chi connectivity index (χ1v) is 6.19. The first-order chi connectivity index (χ1) is 6.86. The molecule has 2 aliphatic rings. The summed E-state index contributed by atoms with van der Waals surface area (Å²) < 4.78 is 4.37. The lowest BCUT2D eigenvalue weighted by atomic mass is 9.93. The van der Waals surface area contributed by atoms with Crippen molar-refractivity contribution in [2.45, 2.75) is 25.7 Å². The van der Waals surface area contributed by atoms with Gasteiger partial charge in [0.25, 0.3) is 0 Å². The highest BCUT2D eigenvalue weighted by Crippen LogP contribution is 2.40. The molecule has 0 aliphatic carbocycles. The van der Waals surface area contributed by atoms with Gasteiger partial charge >= 0.3 is 0 Å². The predicted molar refractivity (Wildman–Crippen MR) is 56.6 cm³/mol. The minimum absolute atomic E-state index is 0.696. The van der Waals surface area contributed by atoms with Crippen LogP contribution in [0.25, 0.3) is 0 Å². The zero-order valence-corrected chi connectivity index (χ0v) is 9.26. The Morgan fingerprint density at radius 1 is 1.50 bits per heavy atom. The summed E-state index contributed by atoms with van der Waals surface area (Å²) >= 11 is 1.62. The van der Waals surface area contributed by atoms with Gasteiger partial charge in [0, 0.05) is 25.4 Å². The van der Waals surface area contributed by atoms with Gasteiger partial charge < -0.3 is 4.90 Å². The van der Waals surface area contributed by atoms with Crippen LogP contribution in [0.5, 0.6) is 0 Å². The molecule has 3 rings (SSSR count). The van der Waals surface area contributed by atoms with Crippen LogP contribution in [-0.4, -0.2) is 33.9 Å². The third-order valence-corrected chi connectivity index (χ3v) is 4.33. The quantitative estimate of drug-likeness (QED) is 0.739. The Balaban J connectivity index is 1.82. The molecule has 1 aromatic heterocycles. The maximum absolute atomic E-state index is 4.61. The molecule has 1 aromatic rings. The minimum atomic E-state index is 0.696. The van der Waals surface area contributed by atoms with E-state index in [4.69, 9.17) is 0 Å². The van der Waals surface area contributed by atoms with Gasteiger partial charge in [-0.2, -0.15) is 4.37 Å². The van der Waals surface area contributed by atoms with Gasteiger partial charge in [0.15, 0.2) is 0 Å². The van der Waals surface area contributed by atoms with Crippen molar-refractivity contribution in [1.82, 2.24) is 14.3 Å². The summed E-state index contributed by atoms with van der Waals surface area (Å²) in [6.45, 7) is 5.95. The number of nitrogens with zero attached hydrogens (tertiary/aromatic N) is 3. The summed E-state index contributed by atoms with van der Waals surface area (Å²) in [6, 6.07) is 0. The number of piperidine rings is 1. The van der Waals surface area contributed by atoms with Gasteiger partial charge in [0.1, 0.15) is 10.8 Å². The lowest BCUT2D eigenvalue weighted by molar-refractivity contribution is 0.346. The smallest absolute Gasteiger partial charge is 0.142 e. The number of hydrogen-bond donors (Lipinski definition) is 0. The van der Waals surface area contributed by atoms with Crippen molar-refractivity contribution >= 4 is 11.5 Å². The summed E-state index contributed by atoms with van der Waals surface area (Å²) in [5, 5.41) is 1.29. The molecule has 0 amide bonds. The summed E-state index contributed by atoms with van der Waals surface area (Å²) in [5.74, 6) is 2.59. The second kappa shape index (κ2) is 3.28. The highest BCUT2D eigenvalue weighted by atomic mass is 32.1. The molecular formula is C10H15N3S. The fraction of sp³-hybridized carbons (Fsp3) is 0.800. The molecule has 2 bridgehead atoms. The summed E-state index contributed by atoms with van der Waals surface area (Å²) in [4.78, 5) is 7.17. The van der Waals surface area contributed by atoms with Gasteiger partial charge in [-0.05, 0) is 30.4 Å². The second-order valence-corrected chi connectivity index (χ2v) is 5.10. The van der Waals surface area contributed by atoms with E-state index in [9.17, 15) is 0 Å². The van der Waals surface area contributed by atoms with Gasteiger partial charge in [-0.3, -0.25) is 0 Å². The molecule has 2 unspecified atom stereocenters. The number of rotatable bonds is 2. The largest absolute Gasteiger partial charge is 0.302 e. The van der Waals surface area contributed by atoms with Crippen LogP contribution in [0.4, 0.5) is 0 Å². The maximum atomic E-state index is 4.61. The van der Waals surface area contributed by atoms with Crippen molar-refractivity contribution in [1.29, 1.82) is 0 Å². The highest BCUT2D eigenvalue weighted by Gasteiger charge is 2.40. The van der Waals surface area contributed by atoms with E-state index < -0.39 is 0 Å². The van der Waals surface area contributed by atoms with Crippen molar-refractivity contribution in [2.75, 3.05) is 19.6 Å². The van der Waals surface area contributed by atoms with Crippen LogP contribution < -0.4 is 0 Å². The third kappa shape index (κ3) is 1.28. The van der Waals surface area contributed by atoms with Crippen LogP contribution in [0.15, 0.2) is 0 Å². The lowest BCUT2D eigenvalue weighted by Gasteiger charge is -2.19. The Labute approximate surface area is 88.3 Å². The average Bonchev–Trinajstić information content (AvgIpc) is 2.93. The Bertz CT molecular complexity index is 336. The molecule has 4 heteroatoms. The molecule has 14 heavy (non-hydrogen) atoms. The van der Waals surface area contributed by atoms with Crippen molar-refractivity contribution in [2.24, 2.45) is 5.92 Å². The molecular weight excluding hydrogens is 194 g/mol. The molecule has 3 heterocycles. The SMILES string of the molecule is CCc1nsc([C@H]2CN3CCC2C3)n1. The van der Waals surface area contributed by atoms with Crippen LogP contribution in [0.2, 0.25) is 0 Å². The van der Waals surface area contributed by atoms with E-state index in [0.29, 0.717) is 5.92 Å². The molecule has 0 radical (unpaired) electrons. The van der Waals surface area contributed by atoms with Gasteiger partial charge in [-0.1, -0.05) is 6.92 Å². The standard InChI is InChI=1S/C10H15N3S/c1-2-9-11-10(14-12-9)8-6-13-4-3-7(8)5-13/h7-8H,2-6H2,1H3/t7?,8-/m0/s1. The average molecular weight is 209 g/mol. The van der Waals surface area contributed by atoms with E-state index in [2.05, 4.69) is 21.2 Å². The van der Waals surface area contributed by atoms with Crippen LogP contribution in [0, 0.1) is 5.92 Å². The maximum Gasteiger partial charge on any atom is 0.142 e. The Kier molecular flexibility index (Phi) is 2.06. The zero-order chi connectivity index (χ0) is 9.54. The van der Waals surface area contributed by atoms with Gasteiger partial charge in [-0.25, -0.2) is 4.98 Å². The van der Waals surface area contributed by atoms with Crippen molar-refractivity contribution < 1.29 is 0 Å². The zero-order valence-electron chi connectivity index (χ0n) is 8.44. The van der Waals surface area contributed by atoms with Gasteiger partial charge in [-0.15, -0.1) is 0 Å². The van der Waals surface area contributed by atoms with Gasteiger partial charge in [0.05, 0.1) is 0 Å². The topological polar surface area (TPSA) is 29.0 Å².